The number of aryl methyl sites for hydroxylation is 2. The fourth-order valence-corrected chi connectivity index (χ4v) is 4.10. The molecule has 5 aromatic rings. The van der Waals surface area contributed by atoms with Crippen molar-refractivity contribution in [2.24, 2.45) is 0 Å². The highest BCUT2D eigenvalue weighted by atomic mass is 32.2. The minimum Gasteiger partial charge on any atom is -0.398 e. The number of nitrogens with zero attached hydrogens (tertiary/aromatic N) is 4. The first kappa shape index (κ1) is 21.7. The SMILES string of the molecule is CSc1nc(Nc2ccc3nc(C)cc(N)c3c2)nc(Nc2ccc3[nH]c(C)cc(=O)c3c2)n1. The molecule has 0 unspecified atom stereocenters. The van der Waals surface area contributed by atoms with E-state index in [1.54, 1.807) is 12.1 Å². The molecule has 2 aromatic carbocycles. The second-order valence-electron chi connectivity index (χ2n) is 7.88. The number of benzene rings is 2. The smallest absolute Gasteiger partial charge is 0.233 e. The number of nitrogens with one attached hydrogen (secondary N) is 3. The van der Waals surface area contributed by atoms with Crippen LogP contribution in [0.2, 0.25) is 0 Å². The average molecular weight is 471 g/mol. The number of hydrogen-bond acceptors (Lipinski definition) is 9. The summed E-state index contributed by atoms with van der Waals surface area (Å²) in [5.41, 5.74) is 11.6. The lowest BCUT2D eigenvalue weighted by molar-refractivity contribution is 0.923. The van der Waals surface area contributed by atoms with Gasteiger partial charge in [-0.05, 0) is 62.6 Å². The summed E-state index contributed by atoms with van der Waals surface area (Å²) in [5.74, 6) is 0.747. The molecule has 0 bridgehead atoms. The molecular formula is C24H22N8OS. The molecule has 0 saturated heterocycles. The zero-order valence-electron chi connectivity index (χ0n) is 18.8. The van der Waals surface area contributed by atoms with Gasteiger partial charge in [-0.2, -0.15) is 15.0 Å². The van der Waals surface area contributed by atoms with Crippen LogP contribution >= 0.6 is 11.8 Å². The van der Waals surface area contributed by atoms with Crippen molar-refractivity contribution in [1.29, 1.82) is 0 Å². The van der Waals surface area contributed by atoms with Crippen LogP contribution in [0.5, 0.6) is 0 Å². The van der Waals surface area contributed by atoms with Gasteiger partial charge in [-0.25, -0.2) is 0 Å². The van der Waals surface area contributed by atoms with Crippen LogP contribution in [0, 0.1) is 13.8 Å². The van der Waals surface area contributed by atoms with E-state index >= 15 is 0 Å². The van der Waals surface area contributed by atoms with Crippen molar-refractivity contribution in [3.63, 3.8) is 0 Å². The predicted molar refractivity (Wildman–Crippen MR) is 138 cm³/mol. The number of anilines is 5. The van der Waals surface area contributed by atoms with Crippen molar-refractivity contribution in [3.05, 3.63) is 70.1 Å². The first-order valence-electron chi connectivity index (χ1n) is 10.5. The van der Waals surface area contributed by atoms with Crippen molar-refractivity contribution in [2.75, 3.05) is 22.6 Å². The zero-order chi connectivity index (χ0) is 23.8. The Kier molecular flexibility index (Phi) is 5.50. The molecule has 3 aromatic heterocycles. The number of nitrogens with two attached hydrogens (primary N) is 1. The molecule has 0 aliphatic rings. The highest BCUT2D eigenvalue weighted by Gasteiger charge is 2.10. The molecule has 34 heavy (non-hydrogen) atoms. The lowest BCUT2D eigenvalue weighted by Gasteiger charge is -2.11. The third-order valence-electron chi connectivity index (χ3n) is 5.24. The minimum atomic E-state index is -0.0436. The van der Waals surface area contributed by atoms with E-state index in [1.165, 1.54) is 11.8 Å². The molecule has 170 valence electrons. The maximum atomic E-state index is 12.4. The van der Waals surface area contributed by atoms with Gasteiger partial charge in [0.05, 0.1) is 5.52 Å². The Morgan fingerprint density at radius 3 is 2.24 bits per heavy atom. The third kappa shape index (κ3) is 4.35. The van der Waals surface area contributed by atoms with Crippen molar-refractivity contribution < 1.29 is 0 Å². The molecule has 0 aliphatic heterocycles. The van der Waals surface area contributed by atoms with Gasteiger partial charge in [0.2, 0.25) is 11.9 Å². The Bertz CT molecular complexity index is 1620. The monoisotopic (exact) mass is 470 g/mol. The molecule has 0 aliphatic carbocycles. The molecule has 0 saturated carbocycles. The van der Waals surface area contributed by atoms with E-state index in [1.807, 2.05) is 56.5 Å². The normalized spacial score (nSPS) is 11.1. The van der Waals surface area contributed by atoms with Crippen LogP contribution < -0.4 is 21.8 Å². The van der Waals surface area contributed by atoms with E-state index in [0.717, 1.165) is 33.5 Å². The molecule has 3 heterocycles. The maximum absolute atomic E-state index is 12.4. The predicted octanol–water partition coefficient (Wildman–Crippen LogP) is 4.67. The van der Waals surface area contributed by atoms with E-state index < -0.39 is 0 Å². The van der Waals surface area contributed by atoms with Gasteiger partial charge in [-0.3, -0.25) is 9.78 Å². The van der Waals surface area contributed by atoms with Gasteiger partial charge in [0.25, 0.3) is 0 Å². The van der Waals surface area contributed by atoms with Gasteiger partial charge in [-0.15, -0.1) is 0 Å². The van der Waals surface area contributed by atoms with Gasteiger partial charge in [-0.1, -0.05) is 11.8 Å². The van der Waals surface area contributed by atoms with Crippen LogP contribution in [0.4, 0.5) is 29.0 Å². The number of rotatable bonds is 5. The zero-order valence-corrected chi connectivity index (χ0v) is 19.6. The second kappa shape index (κ2) is 8.64. The van der Waals surface area contributed by atoms with E-state index in [4.69, 9.17) is 5.73 Å². The molecule has 0 radical (unpaired) electrons. The van der Waals surface area contributed by atoms with Crippen LogP contribution in [0.25, 0.3) is 21.8 Å². The van der Waals surface area contributed by atoms with Crippen LogP contribution in [-0.2, 0) is 0 Å². The largest absolute Gasteiger partial charge is 0.398 e. The van der Waals surface area contributed by atoms with Gasteiger partial charge in [0, 0.05) is 50.8 Å². The molecular weight excluding hydrogens is 448 g/mol. The van der Waals surface area contributed by atoms with Crippen LogP contribution in [0.15, 0.2) is 58.5 Å². The Labute approximate surface area is 199 Å². The number of pyridine rings is 2. The van der Waals surface area contributed by atoms with Gasteiger partial charge in [0.15, 0.2) is 10.6 Å². The topological polar surface area (TPSA) is 134 Å². The fraction of sp³-hybridized carbons (Fsp3) is 0.125. The molecule has 5 N–H and O–H groups in total. The van der Waals surface area contributed by atoms with Crippen LogP contribution in [0.1, 0.15) is 11.4 Å². The highest BCUT2D eigenvalue weighted by Crippen LogP contribution is 2.26. The molecule has 0 amide bonds. The fourth-order valence-electron chi connectivity index (χ4n) is 3.74. The summed E-state index contributed by atoms with van der Waals surface area (Å²) >= 11 is 1.40. The quantitative estimate of drug-likeness (QED) is 0.270. The Balaban J connectivity index is 1.47. The van der Waals surface area contributed by atoms with Gasteiger partial charge >= 0.3 is 0 Å². The summed E-state index contributed by atoms with van der Waals surface area (Å²) in [6.07, 6.45) is 1.89. The summed E-state index contributed by atoms with van der Waals surface area (Å²) in [6.45, 7) is 3.77. The number of aromatic amines is 1. The summed E-state index contributed by atoms with van der Waals surface area (Å²) in [6, 6.07) is 14.7. The highest BCUT2D eigenvalue weighted by molar-refractivity contribution is 7.98. The van der Waals surface area contributed by atoms with Crippen molar-refractivity contribution >= 4 is 62.5 Å². The standard InChI is InChI=1S/C24H22N8OS/c1-12-8-18(25)16-10-14(4-6-19(16)26-12)28-22-30-23(32-24(31-22)34-3)29-15-5-7-20-17(11-15)21(33)9-13(2)27-20/h4-11H,1-3H3,(H2,25,26)(H,27,33)(H2,28,29,30,31,32). The number of hydrogen-bond donors (Lipinski definition) is 4. The van der Waals surface area contributed by atoms with Crippen molar-refractivity contribution in [2.45, 2.75) is 19.0 Å². The average Bonchev–Trinajstić information content (AvgIpc) is 2.79. The Morgan fingerprint density at radius 1 is 0.853 bits per heavy atom. The van der Waals surface area contributed by atoms with Gasteiger partial charge < -0.3 is 21.4 Å². The van der Waals surface area contributed by atoms with E-state index in [9.17, 15) is 4.79 Å². The second-order valence-corrected chi connectivity index (χ2v) is 8.65. The maximum Gasteiger partial charge on any atom is 0.233 e. The summed E-state index contributed by atoms with van der Waals surface area (Å²) < 4.78 is 0. The van der Waals surface area contributed by atoms with E-state index in [0.29, 0.717) is 33.8 Å². The molecule has 10 heteroatoms. The molecule has 0 fully saturated rings. The molecule has 9 nitrogen and oxygen atoms in total. The number of nitrogen functional groups attached to an aromatic ring is 1. The first-order valence-corrected chi connectivity index (χ1v) is 11.7. The van der Waals surface area contributed by atoms with E-state index in [2.05, 4.69) is 35.6 Å². The lowest BCUT2D eigenvalue weighted by atomic mass is 10.1. The molecule has 5 rings (SSSR count). The number of thioether (sulfide) groups is 1. The number of H-pyrrole nitrogens is 1. The number of aromatic nitrogens is 5. The lowest BCUT2D eigenvalue weighted by Crippen LogP contribution is -2.06. The summed E-state index contributed by atoms with van der Waals surface area (Å²) in [4.78, 5) is 33.5. The Hall–Kier alpha value is -4.18. The first-order chi connectivity index (χ1) is 16.4. The van der Waals surface area contributed by atoms with Crippen LogP contribution in [0.3, 0.4) is 0 Å². The number of fused-ring (bicyclic) bond motifs is 2. The van der Waals surface area contributed by atoms with Crippen LogP contribution in [-0.4, -0.2) is 31.2 Å². The molecule has 0 spiro atoms. The molecule has 0 atom stereocenters. The van der Waals surface area contributed by atoms with Crippen molar-refractivity contribution in [1.82, 2.24) is 24.9 Å². The summed E-state index contributed by atoms with van der Waals surface area (Å²) in [5, 5.41) is 8.40. The summed E-state index contributed by atoms with van der Waals surface area (Å²) in [7, 11) is 0. The van der Waals surface area contributed by atoms with E-state index in [-0.39, 0.29) is 5.43 Å². The van der Waals surface area contributed by atoms with Gasteiger partial charge in [0.1, 0.15) is 0 Å². The van der Waals surface area contributed by atoms with Crippen molar-refractivity contribution in [3.8, 4) is 0 Å². The third-order valence-corrected chi connectivity index (χ3v) is 5.79. The minimum absolute atomic E-state index is 0.0436. The Morgan fingerprint density at radius 2 is 1.53 bits per heavy atom.